The first-order chi connectivity index (χ1) is 20.3. The van der Waals surface area contributed by atoms with Crippen molar-refractivity contribution in [2.45, 2.75) is 50.2 Å². The number of carbonyl (C=O) groups excluding carboxylic acids is 3. The quantitative estimate of drug-likeness (QED) is 0.258. The fourth-order valence-corrected chi connectivity index (χ4v) is 5.87. The molecule has 13 heteroatoms. The number of hydrogen-bond donors (Lipinski definition) is 4. The number of hydrogen-bond acceptors (Lipinski definition) is 8. The third-order valence-electron chi connectivity index (χ3n) is 7.91. The lowest BCUT2D eigenvalue weighted by Gasteiger charge is -2.27. The summed E-state index contributed by atoms with van der Waals surface area (Å²) in [7, 11) is 0. The molecule has 0 spiro atoms. The molecule has 2 aliphatic rings. The number of nitrogens with one attached hydrogen (secondary N) is 3. The van der Waals surface area contributed by atoms with Crippen LogP contribution in [-0.4, -0.2) is 73.6 Å². The second-order valence-corrected chi connectivity index (χ2v) is 10.6. The van der Waals surface area contributed by atoms with Crippen LogP contribution >= 0.6 is 0 Å². The summed E-state index contributed by atoms with van der Waals surface area (Å²) in [5.74, 6) is -1.77. The Morgan fingerprint density at radius 1 is 1.07 bits per heavy atom. The second-order valence-electron chi connectivity index (χ2n) is 10.6. The third kappa shape index (κ3) is 5.19. The maximum Gasteiger partial charge on any atom is 0.269 e. The maximum atomic E-state index is 14.7. The maximum absolute atomic E-state index is 14.7. The number of primary amides is 1. The molecule has 0 saturated carbocycles. The van der Waals surface area contributed by atoms with Crippen molar-refractivity contribution in [2.24, 2.45) is 5.73 Å². The van der Waals surface area contributed by atoms with Crippen LogP contribution in [0.4, 0.5) is 4.39 Å². The Labute approximate surface area is 240 Å². The molecule has 12 nitrogen and oxygen atoms in total. The number of halogens is 1. The van der Waals surface area contributed by atoms with Crippen LogP contribution in [0.25, 0.3) is 22.0 Å². The van der Waals surface area contributed by atoms with Crippen LogP contribution in [0.5, 0.6) is 0 Å². The van der Waals surface area contributed by atoms with Crippen molar-refractivity contribution in [3.63, 3.8) is 0 Å². The van der Waals surface area contributed by atoms with E-state index in [0.717, 1.165) is 16.7 Å². The molecule has 0 aliphatic carbocycles. The Balaban J connectivity index is 1.22. The van der Waals surface area contributed by atoms with Gasteiger partial charge >= 0.3 is 0 Å². The van der Waals surface area contributed by atoms with Crippen molar-refractivity contribution in [1.82, 2.24) is 41.0 Å². The van der Waals surface area contributed by atoms with Crippen LogP contribution in [-0.2, 0) is 16.1 Å². The molecule has 216 valence electrons. The molecule has 5 atom stereocenters. The minimum atomic E-state index is -1.35. The molecule has 2 aromatic carbocycles. The standard InChI is InChI=1S/C29H30FN9O3/c1-16-25(17-5-3-2-4-6-17)28(36-35-16)34-29(42)23-12-20(30)14-38(23)24(40)15-39-22-8-7-18(19-9-10-32-33-13-19)11-21(22)26(37-39)27(31)41/h2-11,13,16,20,23,25,28,35-36H,12,14-15H2,1H3,(H2,31,41)(H,34,42)/t16?,20-,23+,25?,28?/m1/s1. The molecule has 42 heavy (non-hydrogen) atoms. The van der Waals surface area contributed by atoms with Crippen LogP contribution in [0.15, 0.2) is 67.0 Å². The Bertz CT molecular complexity index is 1630. The first-order valence-corrected chi connectivity index (χ1v) is 13.7. The van der Waals surface area contributed by atoms with Gasteiger partial charge in [0.2, 0.25) is 11.8 Å². The predicted molar refractivity (Wildman–Crippen MR) is 151 cm³/mol. The Kier molecular flexibility index (Phi) is 7.35. The zero-order valence-electron chi connectivity index (χ0n) is 22.8. The number of rotatable bonds is 7. The number of likely N-dealkylation sites (tertiary alicyclic amines) is 1. The van der Waals surface area contributed by atoms with Gasteiger partial charge in [-0.25, -0.2) is 9.82 Å². The number of aromatic nitrogens is 4. The first kappa shape index (κ1) is 27.4. The van der Waals surface area contributed by atoms with Gasteiger partial charge in [-0.15, -0.1) is 0 Å². The molecular weight excluding hydrogens is 541 g/mol. The molecule has 4 aromatic rings. The number of nitrogens with zero attached hydrogens (tertiary/aromatic N) is 5. The van der Waals surface area contributed by atoms with Crippen LogP contribution in [0.1, 0.15) is 35.3 Å². The highest BCUT2D eigenvalue weighted by atomic mass is 19.1. The minimum absolute atomic E-state index is 0.00151. The van der Waals surface area contributed by atoms with Gasteiger partial charge in [-0.2, -0.15) is 15.3 Å². The molecule has 4 heterocycles. The average Bonchev–Trinajstić information content (AvgIpc) is 3.68. The van der Waals surface area contributed by atoms with E-state index in [1.807, 2.05) is 43.3 Å². The lowest BCUT2D eigenvalue weighted by Crippen LogP contribution is -2.53. The van der Waals surface area contributed by atoms with E-state index in [-0.39, 0.29) is 37.2 Å². The summed E-state index contributed by atoms with van der Waals surface area (Å²) in [5.41, 5.74) is 15.0. The fourth-order valence-electron chi connectivity index (χ4n) is 5.87. The number of hydrazine groups is 1. The lowest BCUT2D eigenvalue weighted by atomic mass is 9.91. The number of nitrogens with two attached hydrogens (primary N) is 1. The highest BCUT2D eigenvalue weighted by Crippen LogP contribution is 2.29. The van der Waals surface area contributed by atoms with E-state index in [1.54, 1.807) is 30.6 Å². The molecule has 2 aromatic heterocycles. The largest absolute Gasteiger partial charge is 0.364 e. The monoisotopic (exact) mass is 571 g/mol. The van der Waals surface area contributed by atoms with E-state index in [9.17, 15) is 18.8 Å². The van der Waals surface area contributed by atoms with Gasteiger partial charge in [0.05, 0.1) is 24.5 Å². The number of fused-ring (bicyclic) bond motifs is 1. The van der Waals surface area contributed by atoms with Gasteiger partial charge in [0.1, 0.15) is 24.9 Å². The fraction of sp³-hybridized carbons (Fsp3) is 0.310. The van der Waals surface area contributed by atoms with Gasteiger partial charge in [0.25, 0.3) is 5.91 Å². The van der Waals surface area contributed by atoms with Gasteiger partial charge in [0, 0.05) is 29.3 Å². The van der Waals surface area contributed by atoms with Crippen molar-refractivity contribution >= 4 is 28.6 Å². The molecular formula is C29H30FN9O3. The number of amides is 3. The van der Waals surface area contributed by atoms with Gasteiger partial charge in [-0.05, 0) is 36.2 Å². The summed E-state index contributed by atoms with van der Waals surface area (Å²) >= 11 is 0. The van der Waals surface area contributed by atoms with Gasteiger partial charge in [0.15, 0.2) is 5.69 Å². The summed E-state index contributed by atoms with van der Waals surface area (Å²) in [6.45, 7) is 1.49. The molecule has 5 N–H and O–H groups in total. The summed E-state index contributed by atoms with van der Waals surface area (Å²) in [4.78, 5) is 40.4. The van der Waals surface area contributed by atoms with Crippen LogP contribution in [0.3, 0.4) is 0 Å². The number of carbonyl (C=O) groups is 3. The van der Waals surface area contributed by atoms with Crippen LogP contribution in [0, 0.1) is 0 Å². The summed E-state index contributed by atoms with van der Waals surface area (Å²) in [6.07, 6.45) is 1.22. The Hall–Kier alpha value is -4.75. The van der Waals surface area contributed by atoms with Gasteiger partial charge < -0.3 is 16.0 Å². The SMILES string of the molecule is CC1NNC(NC(=O)[C@@H]2C[C@@H](F)CN2C(=O)Cn2nc(C(N)=O)c3cc(-c4ccnnc4)ccc32)C1c1ccccc1. The summed E-state index contributed by atoms with van der Waals surface area (Å²) in [5, 5.41) is 15.4. The summed E-state index contributed by atoms with van der Waals surface area (Å²) in [6, 6.07) is 15.9. The highest BCUT2D eigenvalue weighted by molar-refractivity contribution is 6.05. The Morgan fingerprint density at radius 2 is 1.88 bits per heavy atom. The van der Waals surface area contributed by atoms with Crippen molar-refractivity contribution in [1.29, 1.82) is 0 Å². The molecule has 3 unspecified atom stereocenters. The third-order valence-corrected chi connectivity index (χ3v) is 7.91. The first-order valence-electron chi connectivity index (χ1n) is 13.7. The molecule has 0 bridgehead atoms. The highest BCUT2D eigenvalue weighted by Gasteiger charge is 2.43. The van der Waals surface area contributed by atoms with Crippen LogP contribution in [0.2, 0.25) is 0 Å². The molecule has 3 amide bonds. The van der Waals surface area contributed by atoms with E-state index in [1.165, 1.54) is 9.58 Å². The van der Waals surface area contributed by atoms with E-state index in [2.05, 4.69) is 31.5 Å². The average molecular weight is 572 g/mol. The van der Waals surface area contributed by atoms with Crippen molar-refractivity contribution < 1.29 is 18.8 Å². The second kappa shape index (κ2) is 11.3. The van der Waals surface area contributed by atoms with Crippen LogP contribution < -0.4 is 21.9 Å². The molecule has 2 aliphatic heterocycles. The summed E-state index contributed by atoms with van der Waals surface area (Å²) < 4.78 is 16.0. The predicted octanol–water partition coefficient (Wildman–Crippen LogP) is 1.25. The van der Waals surface area contributed by atoms with Crippen molar-refractivity contribution in [3.05, 3.63) is 78.2 Å². The zero-order chi connectivity index (χ0) is 29.4. The smallest absolute Gasteiger partial charge is 0.269 e. The number of benzene rings is 2. The lowest BCUT2D eigenvalue weighted by molar-refractivity contribution is -0.139. The van der Waals surface area contributed by atoms with Gasteiger partial charge in [-0.1, -0.05) is 36.4 Å². The van der Waals surface area contributed by atoms with Gasteiger partial charge in [-0.3, -0.25) is 24.5 Å². The zero-order valence-corrected chi connectivity index (χ0v) is 22.8. The number of alkyl halides is 1. The molecule has 2 fully saturated rings. The van der Waals surface area contributed by atoms with E-state index in [0.29, 0.717) is 10.9 Å². The van der Waals surface area contributed by atoms with Crippen molar-refractivity contribution in [2.75, 3.05) is 6.54 Å². The molecule has 2 saturated heterocycles. The Morgan fingerprint density at radius 3 is 2.62 bits per heavy atom. The molecule has 0 radical (unpaired) electrons. The topological polar surface area (TPSA) is 160 Å². The van der Waals surface area contributed by atoms with E-state index in [4.69, 9.17) is 5.73 Å². The minimum Gasteiger partial charge on any atom is -0.364 e. The normalized spacial score (nSPS) is 23.8. The van der Waals surface area contributed by atoms with E-state index < -0.39 is 36.1 Å². The molecule has 6 rings (SSSR count). The van der Waals surface area contributed by atoms with Crippen molar-refractivity contribution in [3.8, 4) is 11.1 Å². The van der Waals surface area contributed by atoms with E-state index >= 15 is 0 Å².